The van der Waals surface area contributed by atoms with Gasteiger partial charge in [-0.2, -0.15) is 0 Å². The van der Waals surface area contributed by atoms with Crippen LogP contribution in [0.4, 0.5) is 5.69 Å². The Bertz CT molecular complexity index is 1140. The molecule has 2 heterocycles. The zero-order chi connectivity index (χ0) is 20.9. The molecule has 1 aromatic heterocycles. The Morgan fingerprint density at radius 2 is 2.00 bits per heavy atom. The summed E-state index contributed by atoms with van der Waals surface area (Å²) in [5.74, 6) is 6.71. The molecule has 3 aromatic rings. The van der Waals surface area contributed by atoms with Crippen LogP contribution in [0.5, 0.6) is 5.75 Å². The average Bonchev–Trinajstić information content (AvgIpc) is 3.21. The molecule has 0 saturated carbocycles. The highest BCUT2D eigenvalue weighted by atomic mass is 16.5. The molecule has 2 amide bonds. The molecule has 1 fully saturated rings. The summed E-state index contributed by atoms with van der Waals surface area (Å²) in [5, 5.41) is 3.74. The Balaban J connectivity index is 1.34. The van der Waals surface area contributed by atoms with Crippen molar-refractivity contribution in [3.8, 4) is 17.6 Å². The summed E-state index contributed by atoms with van der Waals surface area (Å²) in [7, 11) is 1.61. The van der Waals surface area contributed by atoms with Crippen LogP contribution in [-0.2, 0) is 4.79 Å². The van der Waals surface area contributed by atoms with E-state index in [-0.39, 0.29) is 18.4 Å². The van der Waals surface area contributed by atoms with Crippen molar-refractivity contribution in [2.45, 2.75) is 19.3 Å². The number of aromatic amines is 1. The molecule has 30 heavy (non-hydrogen) atoms. The Hall–Kier alpha value is -3.72. The molecule has 0 radical (unpaired) electrons. The fraction of sp³-hybridized carbons (Fsp3) is 0.250. The minimum absolute atomic E-state index is 0.179. The summed E-state index contributed by atoms with van der Waals surface area (Å²) in [6.45, 7) is 1.01. The van der Waals surface area contributed by atoms with E-state index in [1.54, 1.807) is 13.2 Å². The van der Waals surface area contributed by atoms with Gasteiger partial charge in [-0.3, -0.25) is 9.59 Å². The van der Waals surface area contributed by atoms with Gasteiger partial charge >= 0.3 is 0 Å². The predicted octanol–water partition coefficient (Wildman–Crippen LogP) is 3.47. The second-order valence-corrected chi connectivity index (χ2v) is 7.17. The topological polar surface area (TPSA) is 74.4 Å². The molecule has 0 atom stereocenters. The minimum atomic E-state index is -0.210. The molecule has 1 saturated heterocycles. The molecule has 6 heteroatoms. The largest absolute Gasteiger partial charge is 0.497 e. The van der Waals surface area contributed by atoms with Crippen LogP contribution in [-0.4, -0.2) is 37.0 Å². The van der Waals surface area contributed by atoms with Gasteiger partial charge < -0.3 is 19.9 Å². The van der Waals surface area contributed by atoms with Crippen LogP contribution in [0, 0.1) is 11.8 Å². The maximum Gasteiger partial charge on any atom is 0.268 e. The molecule has 152 valence electrons. The summed E-state index contributed by atoms with van der Waals surface area (Å²) >= 11 is 0. The van der Waals surface area contributed by atoms with E-state index in [1.807, 2.05) is 47.4 Å². The van der Waals surface area contributed by atoms with Crippen molar-refractivity contribution < 1.29 is 14.3 Å². The molecule has 0 unspecified atom stereocenters. The van der Waals surface area contributed by atoms with Crippen molar-refractivity contribution in [2.24, 2.45) is 0 Å². The lowest BCUT2D eigenvalue weighted by Crippen LogP contribution is -2.35. The molecule has 6 nitrogen and oxygen atoms in total. The number of carbonyl (C=O) groups is 2. The smallest absolute Gasteiger partial charge is 0.268 e. The van der Waals surface area contributed by atoms with Crippen molar-refractivity contribution >= 4 is 28.4 Å². The Labute approximate surface area is 175 Å². The van der Waals surface area contributed by atoms with Crippen LogP contribution in [0.15, 0.2) is 48.5 Å². The number of amides is 2. The molecule has 4 rings (SSSR count). The molecule has 1 aliphatic rings. The molecule has 1 aliphatic heterocycles. The number of H-pyrrole nitrogens is 1. The summed E-state index contributed by atoms with van der Waals surface area (Å²) in [4.78, 5) is 29.3. The van der Waals surface area contributed by atoms with E-state index < -0.39 is 0 Å². The number of nitrogens with one attached hydrogen (secondary N) is 2. The minimum Gasteiger partial charge on any atom is -0.497 e. The number of ether oxygens (including phenoxy) is 1. The van der Waals surface area contributed by atoms with Crippen LogP contribution < -0.4 is 15.0 Å². The second kappa shape index (κ2) is 8.75. The van der Waals surface area contributed by atoms with Gasteiger partial charge in [0.05, 0.1) is 13.7 Å². The molecular weight excluding hydrogens is 378 g/mol. The first-order chi connectivity index (χ1) is 14.6. The lowest BCUT2D eigenvalue weighted by molar-refractivity contribution is -0.119. The number of nitrogens with zero attached hydrogens (tertiary/aromatic N) is 1. The van der Waals surface area contributed by atoms with E-state index in [0.717, 1.165) is 47.3 Å². The van der Waals surface area contributed by atoms with Crippen LogP contribution in [0.1, 0.15) is 35.3 Å². The Morgan fingerprint density at radius 1 is 1.17 bits per heavy atom. The van der Waals surface area contributed by atoms with Crippen molar-refractivity contribution in [3.05, 3.63) is 59.8 Å². The molecule has 0 aliphatic carbocycles. The first-order valence-corrected chi connectivity index (χ1v) is 9.98. The van der Waals surface area contributed by atoms with Crippen LogP contribution >= 0.6 is 0 Å². The summed E-state index contributed by atoms with van der Waals surface area (Å²) in [6.07, 6.45) is 2.62. The number of benzene rings is 2. The van der Waals surface area contributed by atoms with Crippen molar-refractivity contribution in [1.82, 2.24) is 10.3 Å². The average molecular weight is 401 g/mol. The van der Waals surface area contributed by atoms with E-state index in [1.165, 1.54) is 0 Å². The van der Waals surface area contributed by atoms with E-state index in [9.17, 15) is 9.59 Å². The highest BCUT2D eigenvalue weighted by Crippen LogP contribution is 2.22. The highest BCUT2D eigenvalue weighted by Gasteiger charge is 2.19. The second-order valence-electron chi connectivity index (χ2n) is 7.17. The zero-order valence-corrected chi connectivity index (χ0v) is 16.8. The van der Waals surface area contributed by atoms with Crippen molar-refractivity contribution in [1.29, 1.82) is 0 Å². The van der Waals surface area contributed by atoms with Gasteiger partial charge in [0.25, 0.3) is 5.91 Å². The van der Waals surface area contributed by atoms with E-state index >= 15 is 0 Å². The first-order valence-electron chi connectivity index (χ1n) is 9.98. The lowest BCUT2D eigenvalue weighted by Gasteiger charge is -2.26. The molecular formula is C24H23N3O3. The van der Waals surface area contributed by atoms with Crippen LogP contribution in [0.25, 0.3) is 10.9 Å². The lowest BCUT2D eigenvalue weighted by atomic mass is 10.1. The summed E-state index contributed by atoms with van der Waals surface area (Å²) in [6, 6.07) is 15.1. The van der Waals surface area contributed by atoms with Crippen LogP contribution in [0.3, 0.4) is 0 Å². The molecule has 2 aromatic carbocycles. The molecule has 2 N–H and O–H groups in total. The van der Waals surface area contributed by atoms with Gasteiger partial charge in [0, 0.05) is 41.2 Å². The maximum absolute atomic E-state index is 12.4. The van der Waals surface area contributed by atoms with Gasteiger partial charge in [-0.25, -0.2) is 0 Å². The fourth-order valence-corrected chi connectivity index (χ4v) is 3.53. The van der Waals surface area contributed by atoms with E-state index in [0.29, 0.717) is 12.1 Å². The Morgan fingerprint density at radius 3 is 2.77 bits per heavy atom. The van der Waals surface area contributed by atoms with Gasteiger partial charge in [0.15, 0.2) is 0 Å². The zero-order valence-electron chi connectivity index (χ0n) is 16.8. The maximum atomic E-state index is 12.4. The predicted molar refractivity (Wildman–Crippen MR) is 117 cm³/mol. The third-order valence-electron chi connectivity index (χ3n) is 5.15. The number of piperidine rings is 1. The fourth-order valence-electron chi connectivity index (χ4n) is 3.53. The Kier molecular flexibility index (Phi) is 5.71. The number of carbonyl (C=O) groups excluding carboxylic acids is 2. The van der Waals surface area contributed by atoms with Gasteiger partial charge in [-0.1, -0.05) is 11.8 Å². The quantitative estimate of drug-likeness (QED) is 0.658. The van der Waals surface area contributed by atoms with Crippen molar-refractivity contribution in [3.63, 3.8) is 0 Å². The van der Waals surface area contributed by atoms with E-state index in [4.69, 9.17) is 4.74 Å². The normalized spacial score (nSPS) is 13.6. The third-order valence-corrected chi connectivity index (χ3v) is 5.15. The van der Waals surface area contributed by atoms with Crippen LogP contribution in [0.2, 0.25) is 0 Å². The number of anilines is 1. The number of methoxy groups -OCH3 is 1. The van der Waals surface area contributed by atoms with Gasteiger partial charge in [-0.15, -0.1) is 0 Å². The van der Waals surface area contributed by atoms with Gasteiger partial charge in [0.1, 0.15) is 11.4 Å². The van der Waals surface area contributed by atoms with E-state index in [2.05, 4.69) is 22.1 Å². The number of rotatable bonds is 4. The third kappa shape index (κ3) is 4.31. The molecule has 0 spiro atoms. The standard InChI is InChI=1S/C24H23N3O3/c1-30-20-12-9-18-15-22(26-21(18)16-20)24(29)25-13-4-5-17-7-10-19(11-8-17)27-14-3-2-6-23(27)28/h7-12,15-16,26H,2-3,6,13-14H2,1H3,(H,25,29). The monoisotopic (exact) mass is 401 g/mol. The summed E-state index contributed by atoms with van der Waals surface area (Å²) < 4.78 is 5.20. The summed E-state index contributed by atoms with van der Waals surface area (Å²) in [5.41, 5.74) is 3.08. The number of fused-ring (bicyclic) bond motifs is 1. The first kappa shape index (κ1) is 19.6. The number of hydrogen-bond donors (Lipinski definition) is 2. The highest BCUT2D eigenvalue weighted by molar-refractivity contribution is 5.98. The van der Waals surface area contributed by atoms with Gasteiger partial charge in [-0.05, 0) is 55.3 Å². The number of aromatic nitrogens is 1. The SMILES string of the molecule is COc1ccc2cc(C(=O)NCC#Cc3ccc(N4CCCCC4=O)cc3)[nH]c2c1. The van der Waals surface area contributed by atoms with Gasteiger partial charge in [0.2, 0.25) is 5.91 Å². The van der Waals surface area contributed by atoms with Crippen molar-refractivity contribution in [2.75, 3.05) is 25.1 Å². The molecule has 0 bridgehead atoms. The number of hydrogen-bond acceptors (Lipinski definition) is 3.